The molecule has 0 saturated heterocycles. The Labute approximate surface area is 113 Å². The molecule has 0 radical (unpaired) electrons. The molecule has 0 aromatic heterocycles. The molecule has 0 bridgehead atoms. The number of benzene rings is 2. The minimum Gasteiger partial charge on any atom is -0.0656 e. The van der Waals surface area contributed by atoms with Gasteiger partial charge in [-0.25, -0.2) is 0 Å². The van der Waals surface area contributed by atoms with E-state index in [9.17, 15) is 0 Å². The molecule has 2 heteroatoms. The largest absolute Gasteiger partial charge is 0.0784 e. The van der Waals surface area contributed by atoms with Crippen molar-refractivity contribution >= 4 is 37.3 Å². The molecule has 2 aromatic rings. The summed E-state index contributed by atoms with van der Waals surface area (Å²) in [5.74, 6) is 0. The number of hydrogen-bond donors (Lipinski definition) is 0. The summed E-state index contributed by atoms with van der Waals surface area (Å²) in [6.07, 6.45) is 0. The van der Waals surface area contributed by atoms with E-state index in [0.29, 0.717) is 0 Å². The average Bonchev–Trinajstić information content (AvgIpc) is 2.24. The summed E-state index contributed by atoms with van der Waals surface area (Å²) < 4.78 is 0. The highest BCUT2D eigenvalue weighted by Gasteiger charge is 2.23. The fourth-order valence-corrected chi connectivity index (χ4v) is 5.86. The third kappa shape index (κ3) is 2.45. The lowest BCUT2D eigenvalue weighted by atomic mass is 10.1. The molecule has 0 nitrogen and oxygen atoms in total. The fraction of sp³-hybridized carbons (Fsp3) is 0.375. The Morgan fingerprint density at radius 3 is 1.17 bits per heavy atom. The van der Waals surface area contributed by atoms with Gasteiger partial charge in [0.05, 0.1) is 16.1 Å². The van der Waals surface area contributed by atoms with E-state index >= 15 is 0 Å². The first-order valence-electron chi connectivity index (χ1n) is 6.74. The molecular formula is C16H24Si2. The maximum atomic E-state index is 2.43. The molecule has 0 aliphatic heterocycles. The van der Waals surface area contributed by atoms with Crippen LogP contribution in [0.15, 0.2) is 36.4 Å². The van der Waals surface area contributed by atoms with Gasteiger partial charge in [-0.15, -0.1) is 0 Å². The SMILES string of the molecule is C[Si](C)(C)c1cccc2c([Si](C)(C)C)cccc12. The van der Waals surface area contributed by atoms with Crippen molar-refractivity contribution in [2.24, 2.45) is 0 Å². The van der Waals surface area contributed by atoms with Crippen molar-refractivity contribution in [1.82, 2.24) is 0 Å². The van der Waals surface area contributed by atoms with Crippen LogP contribution in [0.5, 0.6) is 0 Å². The lowest BCUT2D eigenvalue weighted by molar-refractivity contribution is 1.69. The van der Waals surface area contributed by atoms with Gasteiger partial charge >= 0.3 is 0 Å². The molecule has 0 heterocycles. The third-order valence-electron chi connectivity index (χ3n) is 3.54. The fourth-order valence-electron chi connectivity index (χ4n) is 2.62. The van der Waals surface area contributed by atoms with Gasteiger partial charge in [-0.2, -0.15) is 0 Å². The van der Waals surface area contributed by atoms with E-state index < -0.39 is 16.1 Å². The maximum Gasteiger partial charge on any atom is 0.0784 e. The molecule has 0 saturated carbocycles. The second kappa shape index (κ2) is 4.35. The second-order valence-electron chi connectivity index (χ2n) is 7.21. The predicted molar refractivity (Wildman–Crippen MR) is 89.9 cm³/mol. The van der Waals surface area contributed by atoms with Crippen LogP contribution in [-0.2, 0) is 0 Å². The van der Waals surface area contributed by atoms with Gasteiger partial charge in [0, 0.05) is 0 Å². The summed E-state index contributed by atoms with van der Waals surface area (Å²) in [7, 11) is -2.53. The minimum absolute atomic E-state index is 1.26. The highest BCUT2D eigenvalue weighted by atomic mass is 28.3. The Morgan fingerprint density at radius 2 is 0.889 bits per heavy atom. The standard InChI is InChI=1S/C16H24Si2/c1-17(2,3)15-11-7-10-14-13(15)9-8-12-16(14)18(4,5)6/h7-12H,1-6H3. The van der Waals surface area contributed by atoms with E-state index in [0.717, 1.165) is 0 Å². The lowest BCUT2D eigenvalue weighted by Crippen LogP contribution is -2.41. The third-order valence-corrected chi connectivity index (χ3v) is 7.64. The quantitative estimate of drug-likeness (QED) is 0.727. The Morgan fingerprint density at radius 1 is 0.556 bits per heavy atom. The molecule has 0 amide bonds. The van der Waals surface area contributed by atoms with Gasteiger partial charge in [0.2, 0.25) is 0 Å². The van der Waals surface area contributed by atoms with Crippen LogP contribution in [0.1, 0.15) is 0 Å². The first kappa shape index (κ1) is 13.6. The Hall–Kier alpha value is -0.866. The monoisotopic (exact) mass is 272 g/mol. The van der Waals surface area contributed by atoms with Crippen molar-refractivity contribution < 1.29 is 0 Å². The van der Waals surface area contributed by atoms with Gasteiger partial charge in [-0.3, -0.25) is 0 Å². The highest BCUT2D eigenvalue weighted by Crippen LogP contribution is 2.17. The number of fused-ring (bicyclic) bond motifs is 1. The first-order valence-corrected chi connectivity index (χ1v) is 13.7. The minimum atomic E-state index is -1.26. The average molecular weight is 273 g/mol. The summed E-state index contributed by atoms with van der Waals surface area (Å²) in [4.78, 5) is 0. The molecule has 0 aliphatic carbocycles. The van der Waals surface area contributed by atoms with E-state index in [1.807, 2.05) is 0 Å². The normalized spacial score (nSPS) is 13.0. The summed E-state index contributed by atoms with van der Waals surface area (Å²) in [5, 5.41) is 6.19. The molecular weight excluding hydrogens is 248 g/mol. The smallest absolute Gasteiger partial charge is 0.0656 e. The van der Waals surface area contributed by atoms with Crippen molar-refractivity contribution in [3.8, 4) is 0 Å². The summed E-state index contributed by atoms with van der Waals surface area (Å²) in [6, 6.07) is 13.8. The lowest BCUT2D eigenvalue weighted by Gasteiger charge is -2.23. The topological polar surface area (TPSA) is 0 Å². The van der Waals surface area contributed by atoms with Crippen molar-refractivity contribution in [2.45, 2.75) is 39.3 Å². The van der Waals surface area contributed by atoms with Crippen LogP contribution < -0.4 is 10.4 Å². The molecule has 2 aromatic carbocycles. The molecule has 0 N–H and O–H groups in total. The zero-order valence-corrected chi connectivity index (χ0v) is 14.5. The predicted octanol–water partition coefficient (Wildman–Crippen LogP) is 3.93. The van der Waals surface area contributed by atoms with Crippen LogP contribution in [-0.4, -0.2) is 16.1 Å². The Bertz CT molecular complexity index is 518. The number of rotatable bonds is 2. The van der Waals surface area contributed by atoms with Crippen LogP contribution in [0.3, 0.4) is 0 Å². The van der Waals surface area contributed by atoms with Crippen LogP contribution in [0.25, 0.3) is 10.8 Å². The first-order chi connectivity index (χ1) is 8.21. The van der Waals surface area contributed by atoms with Crippen molar-refractivity contribution in [3.05, 3.63) is 36.4 Å². The van der Waals surface area contributed by atoms with Gasteiger partial charge in [0.25, 0.3) is 0 Å². The van der Waals surface area contributed by atoms with Gasteiger partial charge in [-0.1, -0.05) is 86.1 Å². The van der Waals surface area contributed by atoms with Gasteiger partial charge in [0.1, 0.15) is 0 Å². The van der Waals surface area contributed by atoms with E-state index in [1.165, 1.54) is 10.8 Å². The van der Waals surface area contributed by atoms with Crippen molar-refractivity contribution in [2.75, 3.05) is 0 Å². The van der Waals surface area contributed by atoms with Crippen LogP contribution in [0.2, 0.25) is 39.3 Å². The van der Waals surface area contributed by atoms with Gasteiger partial charge < -0.3 is 0 Å². The van der Waals surface area contributed by atoms with E-state index in [2.05, 4.69) is 75.7 Å². The van der Waals surface area contributed by atoms with E-state index in [1.54, 1.807) is 10.4 Å². The molecule has 18 heavy (non-hydrogen) atoms. The second-order valence-corrected chi connectivity index (χ2v) is 17.3. The molecule has 0 unspecified atom stereocenters. The van der Waals surface area contributed by atoms with Gasteiger partial charge in [0.15, 0.2) is 0 Å². The van der Waals surface area contributed by atoms with E-state index in [4.69, 9.17) is 0 Å². The summed E-state index contributed by atoms with van der Waals surface area (Å²) >= 11 is 0. The molecule has 0 atom stereocenters. The maximum absolute atomic E-state index is 2.43. The van der Waals surface area contributed by atoms with Crippen molar-refractivity contribution in [1.29, 1.82) is 0 Å². The van der Waals surface area contributed by atoms with Crippen LogP contribution in [0.4, 0.5) is 0 Å². The van der Waals surface area contributed by atoms with Gasteiger partial charge in [-0.05, 0) is 10.8 Å². The highest BCUT2D eigenvalue weighted by molar-refractivity contribution is 6.92. The van der Waals surface area contributed by atoms with Crippen molar-refractivity contribution in [3.63, 3.8) is 0 Å². The molecule has 0 spiro atoms. The van der Waals surface area contributed by atoms with Crippen LogP contribution in [0, 0.1) is 0 Å². The Balaban J connectivity index is 2.82. The molecule has 96 valence electrons. The zero-order valence-electron chi connectivity index (χ0n) is 12.5. The number of hydrogen-bond acceptors (Lipinski definition) is 0. The summed E-state index contributed by atoms with van der Waals surface area (Å²) in [6.45, 7) is 14.6. The van der Waals surface area contributed by atoms with E-state index in [-0.39, 0.29) is 0 Å². The van der Waals surface area contributed by atoms with Crippen LogP contribution >= 0.6 is 0 Å². The molecule has 0 fully saturated rings. The summed E-state index contributed by atoms with van der Waals surface area (Å²) in [5.41, 5.74) is 0. The zero-order chi connectivity index (χ0) is 13.6. The molecule has 0 aliphatic rings. The Kier molecular flexibility index (Phi) is 3.28. The molecule has 2 rings (SSSR count).